The Labute approximate surface area is 107 Å². The van der Waals surface area contributed by atoms with E-state index in [0.29, 0.717) is 23.7 Å². The molecular formula is C9H13N5O3S. The molecular weight excluding hydrogens is 258 g/mol. The van der Waals surface area contributed by atoms with Gasteiger partial charge in [0.15, 0.2) is 5.84 Å². The molecule has 1 aromatic rings. The van der Waals surface area contributed by atoms with E-state index in [1.165, 1.54) is 0 Å². The highest BCUT2D eigenvalue weighted by Crippen LogP contribution is 2.15. The summed E-state index contributed by atoms with van der Waals surface area (Å²) in [5, 5.41) is 15.3. The largest absolute Gasteiger partial charge is 0.409 e. The maximum absolute atomic E-state index is 12.2. The smallest absolute Gasteiger partial charge is 0.267 e. The van der Waals surface area contributed by atoms with E-state index >= 15 is 0 Å². The van der Waals surface area contributed by atoms with E-state index in [2.05, 4.69) is 14.7 Å². The van der Waals surface area contributed by atoms with Gasteiger partial charge in [-0.2, -0.15) is 0 Å². The van der Waals surface area contributed by atoms with Crippen molar-refractivity contribution in [3.63, 3.8) is 0 Å². The number of nitrogens with two attached hydrogens (primary N) is 1. The predicted molar refractivity (Wildman–Crippen MR) is 63.7 cm³/mol. The molecule has 2 heterocycles. The Bertz CT molecular complexity index is 475. The minimum absolute atomic E-state index is 0.0355. The fourth-order valence-electron chi connectivity index (χ4n) is 1.65. The summed E-state index contributed by atoms with van der Waals surface area (Å²) in [4.78, 5) is 14.3. The van der Waals surface area contributed by atoms with Gasteiger partial charge < -0.3 is 20.6 Å². The van der Waals surface area contributed by atoms with Gasteiger partial charge in [-0.25, -0.2) is 0 Å². The van der Waals surface area contributed by atoms with Crippen LogP contribution in [-0.4, -0.2) is 57.2 Å². The molecule has 9 heteroatoms. The minimum atomic E-state index is -0.575. The fraction of sp³-hybridized carbons (Fsp3) is 0.556. The normalized spacial score (nSPS) is 21.1. The van der Waals surface area contributed by atoms with Gasteiger partial charge in [0.2, 0.25) is 0 Å². The number of oxime groups is 1. The van der Waals surface area contributed by atoms with Crippen molar-refractivity contribution in [3.8, 4) is 0 Å². The molecule has 1 aliphatic rings. The second-order valence-corrected chi connectivity index (χ2v) is 4.58. The van der Waals surface area contributed by atoms with Gasteiger partial charge in [0.25, 0.3) is 5.91 Å². The monoisotopic (exact) mass is 271 g/mol. The molecule has 0 spiro atoms. The first-order chi connectivity index (χ1) is 8.63. The number of carbonyl (C=O) groups is 1. The molecule has 98 valence electrons. The molecule has 1 aliphatic heterocycles. The lowest BCUT2D eigenvalue weighted by molar-refractivity contribution is 0.00694. The zero-order valence-corrected chi connectivity index (χ0v) is 10.6. The van der Waals surface area contributed by atoms with Gasteiger partial charge in [-0.3, -0.25) is 4.79 Å². The van der Waals surface area contributed by atoms with Crippen molar-refractivity contribution in [1.29, 1.82) is 0 Å². The van der Waals surface area contributed by atoms with Crippen LogP contribution in [0, 0.1) is 6.92 Å². The predicted octanol–water partition coefficient (Wildman–Crippen LogP) is -0.566. The summed E-state index contributed by atoms with van der Waals surface area (Å²) in [6, 6.07) is 0. The molecule has 0 aromatic carbocycles. The van der Waals surface area contributed by atoms with Crippen LogP contribution in [0.5, 0.6) is 0 Å². The maximum Gasteiger partial charge on any atom is 0.267 e. The average Bonchev–Trinajstić information content (AvgIpc) is 2.83. The van der Waals surface area contributed by atoms with Crippen LogP contribution in [0.2, 0.25) is 0 Å². The molecule has 1 aromatic heterocycles. The highest BCUT2D eigenvalue weighted by molar-refractivity contribution is 7.07. The standard InChI is InChI=1S/C9H13N5O3S/c1-5-7(18-13-11-5)9(15)14-2-3-17-6(4-14)8(10)12-16/h6,16H,2-4H2,1H3,(H2,10,12). The van der Waals surface area contributed by atoms with Crippen LogP contribution >= 0.6 is 11.5 Å². The van der Waals surface area contributed by atoms with Crippen LogP contribution in [0.4, 0.5) is 0 Å². The number of aromatic nitrogens is 2. The van der Waals surface area contributed by atoms with Crippen molar-refractivity contribution in [1.82, 2.24) is 14.5 Å². The van der Waals surface area contributed by atoms with Crippen molar-refractivity contribution >= 4 is 23.3 Å². The summed E-state index contributed by atoms with van der Waals surface area (Å²) in [6.07, 6.45) is -0.575. The molecule has 0 radical (unpaired) electrons. The van der Waals surface area contributed by atoms with E-state index < -0.39 is 6.10 Å². The van der Waals surface area contributed by atoms with Gasteiger partial charge >= 0.3 is 0 Å². The lowest BCUT2D eigenvalue weighted by Gasteiger charge is -2.31. The zero-order valence-electron chi connectivity index (χ0n) is 9.74. The summed E-state index contributed by atoms with van der Waals surface area (Å²) in [7, 11) is 0. The van der Waals surface area contributed by atoms with Gasteiger partial charge in [-0.15, -0.1) is 5.10 Å². The Morgan fingerprint density at radius 1 is 1.72 bits per heavy atom. The summed E-state index contributed by atoms with van der Waals surface area (Å²) >= 11 is 1.06. The Morgan fingerprint density at radius 3 is 3.11 bits per heavy atom. The maximum atomic E-state index is 12.2. The third-order valence-electron chi connectivity index (χ3n) is 2.64. The van der Waals surface area contributed by atoms with E-state index in [1.54, 1.807) is 11.8 Å². The number of ether oxygens (including phenoxy) is 1. The van der Waals surface area contributed by atoms with E-state index in [0.717, 1.165) is 11.5 Å². The molecule has 2 rings (SSSR count). The van der Waals surface area contributed by atoms with E-state index in [9.17, 15) is 4.79 Å². The third kappa shape index (κ3) is 2.41. The van der Waals surface area contributed by atoms with Crippen LogP contribution in [0.15, 0.2) is 5.16 Å². The van der Waals surface area contributed by atoms with Crippen molar-refractivity contribution in [2.75, 3.05) is 19.7 Å². The molecule has 3 N–H and O–H groups in total. The number of carbonyl (C=O) groups excluding carboxylic acids is 1. The van der Waals surface area contributed by atoms with E-state index in [-0.39, 0.29) is 18.3 Å². The average molecular weight is 271 g/mol. The van der Waals surface area contributed by atoms with Crippen molar-refractivity contribution in [3.05, 3.63) is 10.6 Å². The molecule has 1 saturated heterocycles. The lowest BCUT2D eigenvalue weighted by Crippen LogP contribution is -2.50. The number of morpholine rings is 1. The SMILES string of the molecule is Cc1nnsc1C(=O)N1CCOC(C(N)=NO)C1. The first kappa shape index (κ1) is 12.7. The van der Waals surface area contributed by atoms with Gasteiger partial charge in [0.05, 0.1) is 18.8 Å². The van der Waals surface area contributed by atoms with Crippen LogP contribution in [0.25, 0.3) is 0 Å². The first-order valence-electron chi connectivity index (χ1n) is 5.30. The van der Waals surface area contributed by atoms with Crippen LogP contribution < -0.4 is 5.73 Å². The van der Waals surface area contributed by atoms with Gasteiger partial charge in [-0.1, -0.05) is 9.64 Å². The number of rotatable bonds is 2. The molecule has 18 heavy (non-hydrogen) atoms. The highest BCUT2D eigenvalue weighted by atomic mass is 32.1. The fourth-order valence-corrected chi connectivity index (χ4v) is 2.27. The summed E-state index contributed by atoms with van der Waals surface area (Å²) in [5.41, 5.74) is 6.08. The second-order valence-electron chi connectivity index (χ2n) is 3.82. The Morgan fingerprint density at radius 2 is 2.50 bits per heavy atom. The second kappa shape index (κ2) is 5.27. The summed E-state index contributed by atoms with van der Waals surface area (Å²) in [5.74, 6) is -0.187. The highest BCUT2D eigenvalue weighted by Gasteiger charge is 2.29. The van der Waals surface area contributed by atoms with Crippen molar-refractivity contribution in [2.45, 2.75) is 13.0 Å². The number of hydrogen-bond donors (Lipinski definition) is 2. The quantitative estimate of drug-likeness (QED) is 0.322. The Balaban J connectivity index is 2.10. The summed E-state index contributed by atoms with van der Waals surface area (Å²) < 4.78 is 9.05. The van der Waals surface area contributed by atoms with Crippen LogP contribution in [-0.2, 0) is 4.74 Å². The molecule has 0 aliphatic carbocycles. The number of amidine groups is 1. The van der Waals surface area contributed by atoms with Crippen LogP contribution in [0.1, 0.15) is 15.4 Å². The molecule has 8 nitrogen and oxygen atoms in total. The summed E-state index contributed by atoms with van der Waals surface area (Å²) in [6.45, 7) is 2.80. The Hall–Kier alpha value is -1.74. The molecule has 1 atom stereocenters. The number of amides is 1. The van der Waals surface area contributed by atoms with Gasteiger partial charge in [0.1, 0.15) is 11.0 Å². The lowest BCUT2D eigenvalue weighted by atomic mass is 10.2. The molecule has 1 fully saturated rings. The van der Waals surface area contributed by atoms with Crippen molar-refractivity contribution < 1.29 is 14.7 Å². The number of aryl methyl sites for hydroxylation is 1. The first-order valence-corrected chi connectivity index (χ1v) is 6.08. The molecule has 1 unspecified atom stereocenters. The van der Waals surface area contributed by atoms with Gasteiger partial charge in [-0.05, 0) is 18.5 Å². The molecule has 0 saturated carbocycles. The molecule has 1 amide bonds. The van der Waals surface area contributed by atoms with Gasteiger partial charge in [0, 0.05) is 6.54 Å². The number of nitrogens with zero attached hydrogens (tertiary/aromatic N) is 4. The van der Waals surface area contributed by atoms with Crippen LogP contribution in [0.3, 0.4) is 0 Å². The van der Waals surface area contributed by atoms with Crippen molar-refractivity contribution in [2.24, 2.45) is 10.9 Å². The minimum Gasteiger partial charge on any atom is -0.409 e. The molecule has 0 bridgehead atoms. The Kier molecular flexibility index (Phi) is 3.72. The number of hydrogen-bond acceptors (Lipinski definition) is 7. The zero-order chi connectivity index (χ0) is 13.1. The topological polar surface area (TPSA) is 114 Å². The van der Waals surface area contributed by atoms with E-state index in [1.807, 2.05) is 0 Å². The van der Waals surface area contributed by atoms with E-state index in [4.69, 9.17) is 15.7 Å². The third-order valence-corrected chi connectivity index (χ3v) is 3.46.